The first-order chi connectivity index (χ1) is 12.3. The standard InChI is InChI=1S/C18H18FN3O3S/c1-26(24,25)22(11-10-15-4-2-3-5-17(15)19)13-18(23)21-16-8-6-14(12-20)7-9-16/h2-9H,10-11,13H2,1H3,(H,21,23). The normalized spacial score (nSPS) is 11.2. The van der Waals surface area contributed by atoms with Crippen molar-refractivity contribution in [1.82, 2.24) is 4.31 Å². The van der Waals surface area contributed by atoms with E-state index < -0.39 is 21.7 Å². The van der Waals surface area contributed by atoms with Crippen LogP contribution in [0.5, 0.6) is 0 Å². The van der Waals surface area contributed by atoms with Gasteiger partial charge in [-0.25, -0.2) is 12.8 Å². The highest BCUT2D eigenvalue weighted by atomic mass is 32.2. The first-order valence-electron chi connectivity index (χ1n) is 7.78. The van der Waals surface area contributed by atoms with E-state index in [1.54, 1.807) is 42.5 Å². The fourth-order valence-electron chi connectivity index (χ4n) is 2.30. The van der Waals surface area contributed by atoms with Crippen LogP contribution < -0.4 is 5.32 Å². The average molecular weight is 375 g/mol. The van der Waals surface area contributed by atoms with Crippen LogP contribution in [-0.2, 0) is 21.2 Å². The van der Waals surface area contributed by atoms with E-state index in [-0.39, 0.29) is 19.5 Å². The van der Waals surface area contributed by atoms with Crippen molar-refractivity contribution in [3.63, 3.8) is 0 Å². The molecule has 136 valence electrons. The zero-order valence-electron chi connectivity index (χ0n) is 14.1. The van der Waals surface area contributed by atoms with Crippen LogP contribution in [0.15, 0.2) is 48.5 Å². The summed E-state index contributed by atoms with van der Waals surface area (Å²) in [6, 6.07) is 14.3. The Morgan fingerprint density at radius 2 is 1.85 bits per heavy atom. The van der Waals surface area contributed by atoms with Gasteiger partial charge in [0.25, 0.3) is 0 Å². The second kappa shape index (κ2) is 8.56. The number of hydrogen-bond donors (Lipinski definition) is 1. The fourth-order valence-corrected chi connectivity index (χ4v) is 3.07. The van der Waals surface area contributed by atoms with Crippen molar-refractivity contribution >= 4 is 21.6 Å². The van der Waals surface area contributed by atoms with Crippen molar-refractivity contribution in [2.45, 2.75) is 6.42 Å². The predicted molar refractivity (Wildman–Crippen MR) is 96.3 cm³/mol. The largest absolute Gasteiger partial charge is 0.325 e. The van der Waals surface area contributed by atoms with Crippen molar-refractivity contribution in [1.29, 1.82) is 5.26 Å². The van der Waals surface area contributed by atoms with E-state index in [2.05, 4.69) is 5.32 Å². The first kappa shape index (κ1) is 19.6. The molecule has 2 aromatic rings. The van der Waals surface area contributed by atoms with Crippen LogP contribution in [0.25, 0.3) is 0 Å². The number of anilines is 1. The minimum absolute atomic E-state index is 0.0133. The molecule has 0 aromatic heterocycles. The second-order valence-corrected chi connectivity index (χ2v) is 7.66. The van der Waals surface area contributed by atoms with Gasteiger partial charge in [-0.15, -0.1) is 0 Å². The molecule has 0 radical (unpaired) electrons. The fraction of sp³-hybridized carbons (Fsp3) is 0.222. The molecule has 2 rings (SSSR count). The van der Waals surface area contributed by atoms with Crippen LogP contribution in [0, 0.1) is 17.1 Å². The lowest BCUT2D eigenvalue weighted by atomic mass is 10.1. The monoisotopic (exact) mass is 375 g/mol. The summed E-state index contributed by atoms with van der Waals surface area (Å²) in [7, 11) is -3.64. The van der Waals surface area contributed by atoms with Crippen LogP contribution in [0.3, 0.4) is 0 Å². The Labute approximate surface area is 151 Å². The maximum atomic E-state index is 13.7. The molecule has 0 saturated heterocycles. The number of halogens is 1. The molecule has 0 saturated carbocycles. The summed E-state index contributed by atoms with van der Waals surface area (Å²) < 4.78 is 38.5. The highest BCUT2D eigenvalue weighted by Gasteiger charge is 2.20. The first-order valence-corrected chi connectivity index (χ1v) is 9.63. The Balaban J connectivity index is 2.01. The summed E-state index contributed by atoms with van der Waals surface area (Å²) in [6.07, 6.45) is 1.16. The molecule has 0 bridgehead atoms. The molecule has 6 nitrogen and oxygen atoms in total. The Bertz CT molecular complexity index is 921. The Morgan fingerprint density at radius 1 is 1.19 bits per heavy atom. The molecule has 0 unspecified atom stereocenters. The SMILES string of the molecule is CS(=O)(=O)N(CCc1ccccc1F)CC(=O)Nc1ccc(C#N)cc1. The van der Waals surface area contributed by atoms with Gasteiger partial charge in [-0.2, -0.15) is 9.57 Å². The van der Waals surface area contributed by atoms with Crippen molar-refractivity contribution in [3.8, 4) is 6.07 Å². The van der Waals surface area contributed by atoms with Gasteiger partial charge in [0.05, 0.1) is 24.4 Å². The van der Waals surface area contributed by atoms with E-state index in [9.17, 15) is 17.6 Å². The quantitative estimate of drug-likeness (QED) is 0.803. The number of carbonyl (C=O) groups excluding carboxylic acids is 1. The summed E-state index contributed by atoms with van der Waals surface area (Å²) in [5.74, 6) is -0.934. The van der Waals surface area contributed by atoms with Crippen LogP contribution in [0.4, 0.5) is 10.1 Å². The molecule has 0 heterocycles. The number of sulfonamides is 1. The minimum Gasteiger partial charge on any atom is -0.325 e. The zero-order valence-corrected chi connectivity index (χ0v) is 15.0. The van der Waals surface area contributed by atoms with Crippen LogP contribution in [0.1, 0.15) is 11.1 Å². The van der Waals surface area contributed by atoms with Gasteiger partial charge in [0.2, 0.25) is 15.9 Å². The van der Waals surface area contributed by atoms with Crippen LogP contribution >= 0.6 is 0 Å². The van der Waals surface area contributed by atoms with Crippen molar-refractivity contribution < 1.29 is 17.6 Å². The molecule has 26 heavy (non-hydrogen) atoms. The topological polar surface area (TPSA) is 90.3 Å². The minimum atomic E-state index is -3.64. The summed E-state index contributed by atoms with van der Waals surface area (Å²) in [6.45, 7) is -0.395. The Kier molecular flexibility index (Phi) is 6.44. The van der Waals surface area contributed by atoms with E-state index in [0.717, 1.165) is 10.6 Å². The van der Waals surface area contributed by atoms with E-state index in [1.807, 2.05) is 6.07 Å². The molecule has 0 aliphatic carbocycles. The van der Waals surface area contributed by atoms with Gasteiger partial charge in [-0.3, -0.25) is 4.79 Å². The molecule has 0 atom stereocenters. The third-order valence-corrected chi connectivity index (χ3v) is 4.92. The molecule has 0 fully saturated rings. The van der Waals surface area contributed by atoms with Crippen LogP contribution in [0.2, 0.25) is 0 Å². The van der Waals surface area contributed by atoms with E-state index in [1.165, 1.54) is 6.07 Å². The summed E-state index contributed by atoms with van der Waals surface area (Å²) in [5, 5.41) is 11.3. The zero-order chi connectivity index (χ0) is 19.2. The highest BCUT2D eigenvalue weighted by Crippen LogP contribution is 2.11. The molecule has 0 aliphatic rings. The number of benzene rings is 2. The molecular weight excluding hydrogens is 357 g/mol. The van der Waals surface area contributed by atoms with E-state index in [4.69, 9.17) is 5.26 Å². The Morgan fingerprint density at radius 3 is 2.42 bits per heavy atom. The average Bonchev–Trinajstić information content (AvgIpc) is 2.59. The molecule has 0 spiro atoms. The maximum absolute atomic E-state index is 13.7. The number of rotatable bonds is 7. The maximum Gasteiger partial charge on any atom is 0.239 e. The lowest BCUT2D eigenvalue weighted by Crippen LogP contribution is -2.38. The van der Waals surface area contributed by atoms with Crippen molar-refractivity contribution in [3.05, 3.63) is 65.5 Å². The smallest absolute Gasteiger partial charge is 0.239 e. The predicted octanol–water partition coefficient (Wildman–Crippen LogP) is 2.14. The number of hydrogen-bond acceptors (Lipinski definition) is 4. The molecule has 1 N–H and O–H groups in total. The lowest BCUT2D eigenvalue weighted by molar-refractivity contribution is -0.116. The van der Waals surface area contributed by atoms with Gasteiger partial charge in [0.15, 0.2) is 0 Å². The number of nitrogens with zero attached hydrogens (tertiary/aromatic N) is 2. The summed E-state index contributed by atoms with van der Waals surface area (Å²) in [4.78, 5) is 12.1. The number of nitriles is 1. The number of carbonyl (C=O) groups is 1. The molecule has 0 aliphatic heterocycles. The third-order valence-electron chi connectivity index (χ3n) is 3.68. The molecule has 2 aromatic carbocycles. The van der Waals surface area contributed by atoms with Gasteiger partial charge >= 0.3 is 0 Å². The Hall–Kier alpha value is -2.76. The van der Waals surface area contributed by atoms with Gasteiger partial charge in [-0.1, -0.05) is 18.2 Å². The summed E-state index contributed by atoms with van der Waals surface area (Å²) in [5.41, 5.74) is 1.29. The molecule has 8 heteroatoms. The third kappa shape index (κ3) is 5.65. The van der Waals surface area contributed by atoms with Crippen LogP contribution in [-0.4, -0.2) is 38.0 Å². The molecule has 1 amide bonds. The lowest BCUT2D eigenvalue weighted by Gasteiger charge is -2.19. The van der Waals surface area contributed by atoms with Gasteiger partial charge < -0.3 is 5.32 Å². The van der Waals surface area contributed by atoms with Crippen molar-refractivity contribution in [2.24, 2.45) is 0 Å². The number of nitrogens with one attached hydrogen (secondary N) is 1. The summed E-state index contributed by atoms with van der Waals surface area (Å²) >= 11 is 0. The van der Waals surface area contributed by atoms with E-state index >= 15 is 0 Å². The highest BCUT2D eigenvalue weighted by molar-refractivity contribution is 7.88. The molecular formula is C18H18FN3O3S. The number of amides is 1. The van der Waals surface area contributed by atoms with E-state index in [0.29, 0.717) is 16.8 Å². The van der Waals surface area contributed by atoms with Gasteiger partial charge in [0, 0.05) is 12.2 Å². The second-order valence-electron chi connectivity index (χ2n) is 5.68. The van der Waals surface area contributed by atoms with Crippen molar-refractivity contribution in [2.75, 3.05) is 24.7 Å². The van der Waals surface area contributed by atoms with Gasteiger partial charge in [-0.05, 0) is 42.3 Å². The van der Waals surface area contributed by atoms with Gasteiger partial charge in [0.1, 0.15) is 5.82 Å².